The summed E-state index contributed by atoms with van der Waals surface area (Å²) in [7, 11) is -3.20. The molecule has 28 heavy (non-hydrogen) atoms. The van der Waals surface area contributed by atoms with Crippen LogP contribution in [0.4, 0.5) is 10.7 Å². The first-order valence-electron chi connectivity index (χ1n) is 8.82. The van der Waals surface area contributed by atoms with Crippen LogP contribution in [-0.4, -0.2) is 39.7 Å². The third kappa shape index (κ3) is 6.35. The largest absolute Gasteiger partial charge is 0.462 e. The van der Waals surface area contributed by atoms with E-state index in [-0.39, 0.29) is 24.8 Å². The number of benzene rings is 1. The van der Waals surface area contributed by atoms with Gasteiger partial charge in [0.2, 0.25) is 5.91 Å². The molecule has 0 radical (unpaired) electrons. The maximum absolute atomic E-state index is 12.4. The van der Waals surface area contributed by atoms with Crippen molar-refractivity contribution in [2.24, 2.45) is 0 Å². The van der Waals surface area contributed by atoms with E-state index in [9.17, 15) is 18.0 Å². The highest BCUT2D eigenvalue weighted by Crippen LogP contribution is 2.29. The lowest BCUT2D eigenvalue weighted by Crippen LogP contribution is -2.23. The van der Waals surface area contributed by atoms with Crippen LogP contribution in [0.5, 0.6) is 0 Å². The minimum absolute atomic E-state index is 0.0671. The van der Waals surface area contributed by atoms with Crippen molar-refractivity contribution in [3.63, 3.8) is 0 Å². The third-order valence-electron chi connectivity index (χ3n) is 3.75. The molecule has 0 fully saturated rings. The van der Waals surface area contributed by atoms with E-state index in [0.717, 1.165) is 17.6 Å². The van der Waals surface area contributed by atoms with Gasteiger partial charge in [-0.2, -0.15) is 0 Å². The van der Waals surface area contributed by atoms with E-state index in [2.05, 4.69) is 10.6 Å². The van der Waals surface area contributed by atoms with Crippen molar-refractivity contribution in [3.05, 3.63) is 46.3 Å². The van der Waals surface area contributed by atoms with Crippen LogP contribution in [-0.2, 0) is 31.5 Å². The van der Waals surface area contributed by atoms with Gasteiger partial charge in [-0.1, -0.05) is 25.1 Å². The molecule has 2 rings (SSSR count). The Hall–Kier alpha value is -2.39. The molecular formula is C19H24N2O5S2. The lowest BCUT2D eigenvalue weighted by atomic mass is 10.2. The number of carbonyl (C=O) groups is 2. The van der Waals surface area contributed by atoms with E-state index in [1.165, 1.54) is 11.3 Å². The Kier molecular flexibility index (Phi) is 7.59. The third-order valence-corrected chi connectivity index (χ3v) is 5.78. The number of esters is 1. The molecule has 0 aliphatic carbocycles. The Bertz CT molecular complexity index is 951. The van der Waals surface area contributed by atoms with Gasteiger partial charge in [0.15, 0.2) is 9.84 Å². The van der Waals surface area contributed by atoms with Gasteiger partial charge < -0.3 is 15.4 Å². The molecule has 0 spiro atoms. The van der Waals surface area contributed by atoms with Gasteiger partial charge in [-0.05, 0) is 31.0 Å². The number of anilines is 2. The molecule has 7 nitrogen and oxygen atoms in total. The van der Waals surface area contributed by atoms with Crippen LogP contribution in [0.3, 0.4) is 0 Å². The van der Waals surface area contributed by atoms with Gasteiger partial charge in [-0.3, -0.25) is 4.79 Å². The standard InChI is InChI=1S/C19H24N2O5S2/c1-4-14-10-15(19(23)26-5-2)18(27-14)21-17(22)11-20-16-9-7-6-8-13(16)12-28(3,24)25/h6-10,20H,4-5,11-12H2,1-3H3,(H,21,22). The number of hydrogen-bond donors (Lipinski definition) is 2. The number of carbonyl (C=O) groups excluding carboxylic acids is 2. The van der Waals surface area contributed by atoms with Gasteiger partial charge in [0, 0.05) is 16.8 Å². The minimum Gasteiger partial charge on any atom is -0.462 e. The maximum Gasteiger partial charge on any atom is 0.341 e. The first-order valence-corrected chi connectivity index (χ1v) is 11.7. The van der Waals surface area contributed by atoms with E-state index in [1.807, 2.05) is 6.92 Å². The van der Waals surface area contributed by atoms with Crippen LogP contribution in [0.2, 0.25) is 0 Å². The molecule has 9 heteroatoms. The summed E-state index contributed by atoms with van der Waals surface area (Å²) in [6.45, 7) is 3.87. The van der Waals surface area contributed by atoms with Gasteiger partial charge in [0.05, 0.1) is 24.5 Å². The first kappa shape index (κ1) is 21.9. The number of rotatable bonds is 9. The molecule has 0 aliphatic rings. The summed E-state index contributed by atoms with van der Waals surface area (Å²) in [6, 6.07) is 8.66. The molecule has 2 N–H and O–H groups in total. The fourth-order valence-electron chi connectivity index (χ4n) is 2.52. The van der Waals surface area contributed by atoms with E-state index < -0.39 is 15.8 Å². The molecule has 0 atom stereocenters. The quantitative estimate of drug-likeness (QED) is 0.600. The summed E-state index contributed by atoms with van der Waals surface area (Å²) in [5.74, 6) is -0.931. The predicted molar refractivity (Wildman–Crippen MR) is 112 cm³/mol. The summed E-state index contributed by atoms with van der Waals surface area (Å²) in [5, 5.41) is 6.15. The molecule has 0 unspecified atom stereocenters. The number of aryl methyl sites for hydroxylation is 1. The SMILES string of the molecule is CCOC(=O)c1cc(CC)sc1NC(=O)CNc1ccccc1CS(C)(=O)=O. The molecule has 1 aromatic carbocycles. The van der Waals surface area contributed by atoms with Crippen molar-refractivity contribution < 1.29 is 22.7 Å². The van der Waals surface area contributed by atoms with Crippen molar-refractivity contribution in [3.8, 4) is 0 Å². The monoisotopic (exact) mass is 424 g/mol. The van der Waals surface area contributed by atoms with Gasteiger partial charge in [0.1, 0.15) is 5.00 Å². The molecule has 1 heterocycles. The van der Waals surface area contributed by atoms with E-state index in [4.69, 9.17) is 4.74 Å². The number of sulfone groups is 1. The van der Waals surface area contributed by atoms with Crippen molar-refractivity contribution in [2.75, 3.05) is 30.0 Å². The van der Waals surface area contributed by atoms with E-state index in [0.29, 0.717) is 21.8 Å². The van der Waals surface area contributed by atoms with E-state index >= 15 is 0 Å². The van der Waals surface area contributed by atoms with Gasteiger partial charge in [-0.25, -0.2) is 13.2 Å². The zero-order chi connectivity index (χ0) is 20.7. The highest BCUT2D eigenvalue weighted by Gasteiger charge is 2.19. The summed E-state index contributed by atoms with van der Waals surface area (Å²) < 4.78 is 28.2. The highest BCUT2D eigenvalue weighted by molar-refractivity contribution is 7.89. The molecule has 0 saturated carbocycles. The van der Waals surface area contributed by atoms with Gasteiger partial charge in [-0.15, -0.1) is 11.3 Å². The Morgan fingerprint density at radius 2 is 1.89 bits per heavy atom. The Morgan fingerprint density at radius 3 is 2.54 bits per heavy atom. The average molecular weight is 425 g/mol. The highest BCUT2D eigenvalue weighted by atomic mass is 32.2. The van der Waals surface area contributed by atoms with Crippen LogP contribution in [0.1, 0.15) is 34.6 Å². The molecule has 1 amide bonds. The molecule has 152 valence electrons. The number of amides is 1. The summed E-state index contributed by atoms with van der Waals surface area (Å²) >= 11 is 1.33. The Morgan fingerprint density at radius 1 is 1.18 bits per heavy atom. The van der Waals surface area contributed by atoms with Crippen LogP contribution in [0, 0.1) is 0 Å². The number of thiophene rings is 1. The van der Waals surface area contributed by atoms with E-state index in [1.54, 1.807) is 37.3 Å². The normalized spacial score (nSPS) is 11.1. The predicted octanol–water partition coefficient (Wildman–Crippen LogP) is 3.08. The summed E-state index contributed by atoms with van der Waals surface area (Å²) in [6.07, 6.45) is 1.90. The maximum atomic E-state index is 12.4. The Balaban J connectivity index is 2.08. The molecule has 1 aromatic heterocycles. The molecule has 0 saturated heterocycles. The first-order chi connectivity index (χ1) is 13.2. The van der Waals surface area contributed by atoms with Crippen LogP contribution < -0.4 is 10.6 Å². The number of hydrogen-bond acceptors (Lipinski definition) is 7. The van der Waals surface area contributed by atoms with Gasteiger partial charge >= 0.3 is 5.97 Å². The number of ether oxygens (including phenoxy) is 1. The van der Waals surface area contributed by atoms with Crippen molar-refractivity contribution in [1.29, 1.82) is 0 Å². The molecule has 0 bridgehead atoms. The topological polar surface area (TPSA) is 102 Å². The van der Waals surface area contributed by atoms with Crippen LogP contribution >= 0.6 is 11.3 Å². The van der Waals surface area contributed by atoms with Gasteiger partial charge in [0.25, 0.3) is 0 Å². The van der Waals surface area contributed by atoms with Crippen LogP contribution in [0.25, 0.3) is 0 Å². The molecule has 0 aliphatic heterocycles. The minimum atomic E-state index is -3.20. The second-order valence-corrected chi connectivity index (χ2v) is 9.44. The fourth-order valence-corrected chi connectivity index (χ4v) is 4.33. The smallest absolute Gasteiger partial charge is 0.341 e. The lowest BCUT2D eigenvalue weighted by Gasteiger charge is -2.11. The molecular weight excluding hydrogens is 400 g/mol. The second-order valence-electron chi connectivity index (χ2n) is 6.16. The van der Waals surface area contributed by atoms with Crippen molar-refractivity contribution >= 4 is 43.7 Å². The van der Waals surface area contributed by atoms with Crippen molar-refractivity contribution in [1.82, 2.24) is 0 Å². The summed E-state index contributed by atoms with van der Waals surface area (Å²) in [5.41, 5.74) is 1.51. The second kappa shape index (κ2) is 9.70. The van der Waals surface area contributed by atoms with Crippen LogP contribution in [0.15, 0.2) is 30.3 Å². The lowest BCUT2D eigenvalue weighted by molar-refractivity contribution is -0.114. The zero-order valence-electron chi connectivity index (χ0n) is 16.1. The average Bonchev–Trinajstić information content (AvgIpc) is 3.03. The number of para-hydroxylation sites is 1. The number of nitrogens with one attached hydrogen (secondary N) is 2. The molecule has 2 aromatic rings. The summed E-state index contributed by atoms with van der Waals surface area (Å²) in [4.78, 5) is 25.4. The zero-order valence-corrected chi connectivity index (χ0v) is 17.7. The Labute approximate surface area is 169 Å². The fraction of sp³-hybridized carbons (Fsp3) is 0.368. The van der Waals surface area contributed by atoms with Crippen molar-refractivity contribution in [2.45, 2.75) is 26.0 Å².